The van der Waals surface area contributed by atoms with Gasteiger partial charge in [-0.05, 0) is 37.1 Å². The zero-order valence-electron chi connectivity index (χ0n) is 13.3. The molecule has 3 rings (SSSR count). The Morgan fingerprint density at radius 3 is 2.79 bits per heavy atom. The topological polar surface area (TPSA) is 79.2 Å². The van der Waals surface area contributed by atoms with Crippen LogP contribution in [0, 0.1) is 5.92 Å². The SMILES string of the molecule is O=C(NCc1cnn(-c2ccc(Cl)cc2)c1)NC[C@@H]1CCC[C@H]1O. The van der Waals surface area contributed by atoms with Crippen molar-refractivity contribution in [3.8, 4) is 5.69 Å². The van der Waals surface area contributed by atoms with Gasteiger partial charge in [0.1, 0.15) is 0 Å². The second-order valence-corrected chi connectivity index (χ2v) is 6.53. The summed E-state index contributed by atoms with van der Waals surface area (Å²) in [6.07, 6.45) is 6.12. The molecule has 0 aliphatic heterocycles. The first-order chi connectivity index (χ1) is 11.6. The van der Waals surface area contributed by atoms with E-state index in [2.05, 4.69) is 15.7 Å². The van der Waals surface area contributed by atoms with Gasteiger partial charge in [-0.15, -0.1) is 0 Å². The number of nitrogens with zero attached hydrogens (tertiary/aromatic N) is 2. The third-order valence-electron chi connectivity index (χ3n) is 4.32. The van der Waals surface area contributed by atoms with Gasteiger partial charge in [0.05, 0.1) is 18.0 Å². The number of rotatable bonds is 5. The number of aliphatic hydroxyl groups is 1. The average molecular weight is 349 g/mol. The Labute approximate surface area is 145 Å². The van der Waals surface area contributed by atoms with Crippen molar-refractivity contribution in [3.63, 3.8) is 0 Å². The number of aliphatic hydroxyl groups excluding tert-OH is 1. The maximum Gasteiger partial charge on any atom is 0.315 e. The highest BCUT2D eigenvalue weighted by atomic mass is 35.5. The van der Waals surface area contributed by atoms with Crippen LogP contribution >= 0.6 is 11.6 Å². The molecule has 128 valence electrons. The second kappa shape index (κ2) is 7.68. The number of benzene rings is 1. The van der Waals surface area contributed by atoms with E-state index >= 15 is 0 Å². The summed E-state index contributed by atoms with van der Waals surface area (Å²) in [5.74, 6) is 0.170. The van der Waals surface area contributed by atoms with Gasteiger partial charge in [-0.1, -0.05) is 18.0 Å². The van der Waals surface area contributed by atoms with Gasteiger partial charge in [-0.25, -0.2) is 9.48 Å². The maximum atomic E-state index is 11.8. The van der Waals surface area contributed by atoms with Crippen LogP contribution < -0.4 is 10.6 Å². The molecular formula is C17H21ClN4O2. The molecule has 1 aromatic carbocycles. The number of nitrogens with one attached hydrogen (secondary N) is 2. The normalized spacial score (nSPS) is 20.1. The van der Waals surface area contributed by atoms with Gasteiger partial charge < -0.3 is 15.7 Å². The first-order valence-electron chi connectivity index (χ1n) is 8.11. The Morgan fingerprint density at radius 1 is 1.29 bits per heavy atom. The van der Waals surface area contributed by atoms with E-state index in [1.54, 1.807) is 23.0 Å². The van der Waals surface area contributed by atoms with Crippen LogP contribution in [0.4, 0.5) is 4.79 Å². The highest BCUT2D eigenvalue weighted by Crippen LogP contribution is 2.24. The standard InChI is InChI=1S/C17H21ClN4O2/c18-14-4-6-15(7-5-14)22-11-12(9-21-22)8-19-17(24)20-10-13-2-1-3-16(13)23/h4-7,9,11,13,16,23H,1-3,8,10H2,(H2,19,20,24)/t13-,16+/m0/s1. The molecule has 0 radical (unpaired) electrons. The summed E-state index contributed by atoms with van der Waals surface area (Å²) < 4.78 is 1.74. The highest BCUT2D eigenvalue weighted by Gasteiger charge is 2.25. The van der Waals surface area contributed by atoms with Gasteiger partial charge >= 0.3 is 6.03 Å². The monoisotopic (exact) mass is 348 g/mol. The van der Waals surface area contributed by atoms with Crippen molar-refractivity contribution in [1.82, 2.24) is 20.4 Å². The summed E-state index contributed by atoms with van der Waals surface area (Å²) in [6.45, 7) is 0.906. The fourth-order valence-corrected chi connectivity index (χ4v) is 3.04. The van der Waals surface area contributed by atoms with E-state index in [1.165, 1.54) is 0 Å². The number of halogens is 1. The number of carbonyl (C=O) groups is 1. The van der Waals surface area contributed by atoms with Gasteiger partial charge in [-0.2, -0.15) is 5.10 Å². The van der Waals surface area contributed by atoms with Gasteiger partial charge in [0.15, 0.2) is 0 Å². The van der Waals surface area contributed by atoms with Crippen LogP contribution in [0.1, 0.15) is 24.8 Å². The molecule has 7 heteroatoms. The van der Waals surface area contributed by atoms with Crippen molar-refractivity contribution in [2.24, 2.45) is 5.92 Å². The molecule has 24 heavy (non-hydrogen) atoms. The second-order valence-electron chi connectivity index (χ2n) is 6.09. The lowest BCUT2D eigenvalue weighted by molar-refractivity contribution is 0.132. The van der Waals surface area contributed by atoms with E-state index < -0.39 is 0 Å². The molecule has 2 atom stereocenters. The number of hydrogen-bond acceptors (Lipinski definition) is 3. The van der Waals surface area contributed by atoms with Crippen molar-refractivity contribution in [2.75, 3.05) is 6.54 Å². The van der Waals surface area contributed by atoms with E-state index in [0.29, 0.717) is 18.1 Å². The predicted molar refractivity (Wildman–Crippen MR) is 92.2 cm³/mol. The van der Waals surface area contributed by atoms with Crippen LogP contribution in [0.15, 0.2) is 36.7 Å². The Kier molecular flexibility index (Phi) is 5.37. The van der Waals surface area contributed by atoms with Gasteiger partial charge in [0, 0.05) is 35.8 Å². The van der Waals surface area contributed by atoms with E-state index in [9.17, 15) is 9.90 Å². The lowest BCUT2D eigenvalue weighted by atomic mass is 10.1. The molecule has 1 aliphatic rings. The lowest BCUT2D eigenvalue weighted by Crippen LogP contribution is -2.39. The minimum atomic E-state index is -0.289. The maximum absolute atomic E-state index is 11.8. The predicted octanol–water partition coefficient (Wildman–Crippen LogP) is 2.49. The van der Waals surface area contributed by atoms with Gasteiger partial charge in [0.25, 0.3) is 0 Å². The molecule has 0 spiro atoms. The van der Waals surface area contributed by atoms with E-state index in [4.69, 9.17) is 11.6 Å². The van der Waals surface area contributed by atoms with E-state index in [0.717, 1.165) is 30.5 Å². The zero-order chi connectivity index (χ0) is 16.9. The molecular weight excluding hydrogens is 328 g/mol. The Morgan fingerprint density at radius 2 is 2.08 bits per heavy atom. The molecule has 0 saturated heterocycles. The molecule has 6 nitrogen and oxygen atoms in total. The van der Waals surface area contributed by atoms with Crippen LogP contribution in [0.5, 0.6) is 0 Å². The highest BCUT2D eigenvalue weighted by molar-refractivity contribution is 6.30. The molecule has 1 aliphatic carbocycles. The van der Waals surface area contributed by atoms with Crippen molar-refractivity contribution >= 4 is 17.6 Å². The Bertz CT molecular complexity index is 686. The lowest BCUT2D eigenvalue weighted by Gasteiger charge is -2.15. The Hall–Kier alpha value is -2.05. The van der Waals surface area contributed by atoms with Crippen LogP contribution in [0.2, 0.25) is 5.02 Å². The summed E-state index contributed by atoms with van der Waals surface area (Å²) >= 11 is 5.87. The van der Waals surface area contributed by atoms with Crippen LogP contribution in [-0.4, -0.2) is 33.6 Å². The van der Waals surface area contributed by atoms with Gasteiger partial charge in [0.2, 0.25) is 0 Å². The minimum absolute atomic E-state index is 0.170. The number of urea groups is 1. The van der Waals surface area contributed by atoms with E-state index in [-0.39, 0.29) is 18.1 Å². The zero-order valence-corrected chi connectivity index (χ0v) is 14.0. The first kappa shape index (κ1) is 16.8. The van der Waals surface area contributed by atoms with E-state index in [1.807, 2.05) is 18.3 Å². The third kappa shape index (κ3) is 4.27. The van der Waals surface area contributed by atoms with Gasteiger partial charge in [-0.3, -0.25) is 0 Å². The summed E-state index contributed by atoms with van der Waals surface area (Å²) in [7, 11) is 0. The summed E-state index contributed by atoms with van der Waals surface area (Å²) in [5.41, 5.74) is 1.81. The molecule has 3 N–H and O–H groups in total. The molecule has 0 unspecified atom stereocenters. The largest absolute Gasteiger partial charge is 0.393 e. The van der Waals surface area contributed by atoms with Crippen LogP contribution in [0.25, 0.3) is 5.69 Å². The number of hydrogen-bond donors (Lipinski definition) is 3. The molecule has 1 fully saturated rings. The summed E-state index contributed by atoms with van der Waals surface area (Å²) in [5, 5.41) is 20.3. The molecule has 1 heterocycles. The summed E-state index contributed by atoms with van der Waals surface area (Å²) in [6, 6.07) is 7.15. The van der Waals surface area contributed by atoms with Crippen molar-refractivity contribution in [1.29, 1.82) is 0 Å². The molecule has 1 saturated carbocycles. The molecule has 2 aromatic rings. The fourth-order valence-electron chi connectivity index (χ4n) is 2.91. The smallest absolute Gasteiger partial charge is 0.315 e. The average Bonchev–Trinajstić information content (AvgIpc) is 3.21. The molecule has 0 bridgehead atoms. The minimum Gasteiger partial charge on any atom is -0.393 e. The quantitative estimate of drug-likeness (QED) is 0.776. The first-order valence-corrected chi connectivity index (χ1v) is 8.49. The van der Waals surface area contributed by atoms with Crippen molar-refractivity contribution < 1.29 is 9.90 Å². The summed E-state index contributed by atoms with van der Waals surface area (Å²) in [4.78, 5) is 11.8. The molecule has 2 amide bonds. The molecule has 1 aromatic heterocycles. The Balaban J connectivity index is 1.46. The fraction of sp³-hybridized carbons (Fsp3) is 0.412. The number of carbonyl (C=O) groups excluding carboxylic acids is 1. The van der Waals surface area contributed by atoms with Crippen molar-refractivity contribution in [2.45, 2.75) is 31.9 Å². The number of amides is 2. The number of aromatic nitrogens is 2. The van der Waals surface area contributed by atoms with Crippen molar-refractivity contribution in [3.05, 3.63) is 47.2 Å². The third-order valence-corrected chi connectivity index (χ3v) is 4.58. The van der Waals surface area contributed by atoms with Crippen LogP contribution in [-0.2, 0) is 6.54 Å². The van der Waals surface area contributed by atoms with Crippen LogP contribution in [0.3, 0.4) is 0 Å².